The van der Waals surface area contributed by atoms with E-state index >= 15 is 0 Å². The number of thiazole rings is 1. The van der Waals surface area contributed by atoms with Crippen molar-refractivity contribution >= 4 is 22.4 Å². The zero-order valence-electron chi connectivity index (χ0n) is 18.5. The third-order valence-corrected chi connectivity index (χ3v) is 5.67. The van der Waals surface area contributed by atoms with Gasteiger partial charge in [-0.1, -0.05) is 18.2 Å². The van der Waals surface area contributed by atoms with E-state index in [1.807, 2.05) is 25.1 Å². The highest BCUT2D eigenvalue weighted by molar-refractivity contribution is 7.16. The molecule has 0 fully saturated rings. The number of carbonyl (C=O) groups excluding carboxylic acids is 1. The lowest BCUT2D eigenvalue weighted by Gasteiger charge is -2.08. The molecule has 0 saturated carbocycles. The number of hydrogen-bond donors (Lipinski definition) is 1. The van der Waals surface area contributed by atoms with Gasteiger partial charge >= 0.3 is 6.61 Å². The highest BCUT2D eigenvalue weighted by Gasteiger charge is 2.16. The largest absolute Gasteiger partial charge is 0.492 e. The minimum absolute atomic E-state index is 0.0422. The number of para-hydroxylation sites is 1. The normalized spacial score (nSPS) is 10.9. The van der Waals surface area contributed by atoms with Crippen molar-refractivity contribution in [3.8, 4) is 22.8 Å². The Morgan fingerprint density at radius 3 is 2.51 bits per heavy atom. The summed E-state index contributed by atoms with van der Waals surface area (Å²) in [7, 11) is 0. The zero-order valence-corrected chi connectivity index (χ0v) is 19.3. The molecule has 2 aromatic carbocycles. The lowest BCUT2D eigenvalue weighted by molar-refractivity contribution is -0.0498. The van der Waals surface area contributed by atoms with E-state index in [-0.39, 0.29) is 30.2 Å². The summed E-state index contributed by atoms with van der Waals surface area (Å²) < 4.78 is 35.8. The van der Waals surface area contributed by atoms with Gasteiger partial charge in [0.25, 0.3) is 11.5 Å². The standard InChI is InChI=1S/C24H20F2N4O4S/c1-15-21(16-7-9-18(10-8-16)34-23(25)26)27-24(35-15)28-22(32)19-11-12-20(31)30(29-19)13-14-33-17-5-3-2-4-6-17/h2-12,23H,13-14H2,1H3,(H,27,28,32). The number of alkyl halides is 2. The Morgan fingerprint density at radius 2 is 1.80 bits per heavy atom. The highest BCUT2D eigenvalue weighted by Crippen LogP contribution is 2.31. The molecular formula is C24H20F2N4O4S. The second-order valence-electron chi connectivity index (χ2n) is 7.22. The van der Waals surface area contributed by atoms with Crippen LogP contribution in [-0.4, -0.2) is 33.9 Å². The molecular weight excluding hydrogens is 478 g/mol. The molecule has 0 saturated heterocycles. The maximum absolute atomic E-state index is 12.7. The lowest BCUT2D eigenvalue weighted by Crippen LogP contribution is -2.28. The van der Waals surface area contributed by atoms with Crippen LogP contribution in [0, 0.1) is 6.92 Å². The Balaban J connectivity index is 1.42. The van der Waals surface area contributed by atoms with Crippen LogP contribution in [0.1, 0.15) is 15.4 Å². The van der Waals surface area contributed by atoms with E-state index in [1.54, 1.807) is 24.3 Å². The van der Waals surface area contributed by atoms with Gasteiger partial charge in [0.15, 0.2) is 5.13 Å². The Kier molecular flexibility index (Phi) is 7.46. The Bertz CT molecular complexity index is 1360. The molecule has 0 aliphatic heterocycles. The minimum atomic E-state index is -2.90. The summed E-state index contributed by atoms with van der Waals surface area (Å²) in [6, 6.07) is 17.8. The molecule has 180 valence electrons. The summed E-state index contributed by atoms with van der Waals surface area (Å²) >= 11 is 1.26. The van der Waals surface area contributed by atoms with Crippen molar-refractivity contribution in [2.24, 2.45) is 0 Å². The fraction of sp³-hybridized carbons (Fsp3) is 0.167. The molecule has 11 heteroatoms. The average molecular weight is 499 g/mol. The molecule has 4 rings (SSSR count). The number of anilines is 1. The van der Waals surface area contributed by atoms with Gasteiger partial charge in [0.2, 0.25) is 0 Å². The van der Waals surface area contributed by atoms with E-state index < -0.39 is 12.5 Å². The van der Waals surface area contributed by atoms with E-state index in [1.165, 1.54) is 40.3 Å². The maximum atomic E-state index is 12.7. The first-order chi connectivity index (χ1) is 16.9. The van der Waals surface area contributed by atoms with Crippen molar-refractivity contribution in [1.82, 2.24) is 14.8 Å². The summed E-state index contributed by atoms with van der Waals surface area (Å²) in [5, 5.41) is 7.16. The molecule has 0 atom stereocenters. The van der Waals surface area contributed by atoms with Gasteiger partial charge in [0.05, 0.1) is 12.2 Å². The molecule has 0 bridgehead atoms. The van der Waals surface area contributed by atoms with Crippen LogP contribution in [0.5, 0.6) is 11.5 Å². The van der Waals surface area contributed by atoms with E-state index in [4.69, 9.17) is 4.74 Å². The highest BCUT2D eigenvalue weighted by atomic mass is 32.1. The van der Waals surface area contributed by atoms with Crippen molar-refractivity contribution in [2.45, 2.75) is 20.1 Å². The average Bonchev–Trinajstić information content (AvgIpc) is 3.20. The number of aromatic nitrogens is 3. The molecule has 0 unspecified atom stereocenters. The fourth-order valence-electron chi connectivity index (χ4n) is 3.17. The molecule has 8 nitrogen and oxygen atoms in total. The molecule has 0 radical (unpaired) electrons. The number of amides is 1. The van der Waals surface area contributed by atoms with Crippen molar-refractivity contribution < 1.29 is 23.0 Å². The third kappa shape index (κ3) is 6.27. The summed E-state index contributed by atoms with van der Waals surface area (Å²) in [6.45, 7) is -0.695. The van der Waals surface area contributed by atoms with Crippen molar-refractivity contribution in [2.75, 3.05) is 11.9 Å². The first-order valence-electron chi connectivity index (χ1n) is 10.5. The van der Waals surface area contributed by atoms with Gasteiger partial charge in [-0.2, -0.15) is 13.9 Å². The van der Waals surface area contributed by atoms with E-state index in [0.29, 0.717) is 22.1 Å². The molecule has 0 aliphatic rings. The minimum Gasteiger partial charge on any atom is -0.492 e. The van der Waals surface area contributed by atoms with Crippen LogP contribution in [0.2, 0.25) is 0 Å². The molecule has 0 spiro atoms. The van der Waals surface area contributed by atoms with E-state index in [2.05, 4.69) is 20.1 Å². The van der Waals surface area contributed by atoms with Gasteiger partial charge in [-0.25, -0.2) is 9.67 Å². The van der Waals surface area contributed by atoms with Gasteiger partial charge in [-0.15, -0.1) is 11.3 Å². The summed E-state index contributed by atoms with van der Waals surface area (Å²) in [5.74, 6) is 0.185. The number of aryl methyl sites for hydroxylation is 1. The van der Waals surface area contributed by atoms with Crippen LogP contribution < -0.4 is 20.3 Å². The van der Waals surface area contributed by atoms with Crippen LogP contribution >= 0.6 is 11.3 Å². The van der Waals surface area contributed by atoms with Gasteiger partial charge in [0, 0.05) is 16.5 Å². The van der Waals surface area contributed by atoms with Crippen molar-refractivity contribution in [3.05, 3.63) is 87.7 Å². The predicted octanol–water partition coefficient (Wildman–Crippen LogP) is 4.61. The fourth-order valence-corrected chi connectivity index (χ4v) is 4.00. The smallest absolute Gasteiger partial charge is 0.387 e. The number of hydrogen-bond acceptors (Lipinski definition) is 7. The summed E-state index contributed by atoms with van der Waals surface area (Å²) in [4.78, 5) is 30.1. The van der Waals surface area contributed by atoms with E-state index in [9.17, 15) is 18.4 Å². The molecule has 35 heavy (non-hydrogen) atoms. The van der Waals surface area contributed by atoms with Gasteiger partial charge in [0.1, 0.15) is 23.8 Å². The van der Waals surface area contributed by atoms with Crippen LogP contribution in [0.4, 0.5) is 13.9 Å². The van der Waals surface area contributed by atoms with Crippen molar-refractivity contribution in [3.63, 3.8) is 0 Å². The van der Waals surface area contributed by atoms with Crippen LogP contribution in [0.15, 0.2) is 71.5 Å². The molecule has 2 aromatic heterocycles. The molecule has 0 aliphatic carbocycles. The van der Waals surface area contributed by atoms with Crippen LogP contribution in [0.25, 0.3) is 11.3 Å². The number of ether oxygens (including phenoxy) is 2. The molecule has 1 N–H and O–H groups in total. The van der Waals surface area contributed by atoms with Crippen molar-refractivity contribution in [1.29, 1.82) is 0 Å². The number of rotatable bonds is 9. The molecule has 1 amide bonds. The monoisotopic (exact) mass is 498 g/mol. The SMILES string of the molecule is Cc1sc(NC(=O)c2ccc(=O)n(CCOc3ccccc3)n2)nc1-c1ccc(OC(F)F)cc1. The third-order valence-electron chi connectivity index (χ3n) is 4.78. The molecule has 4 aromatic rings. The first kappa shape index (κ1) is 24.0. The van der Waals surface area contributed by atoms with Gasteiger partial charge in [-0.3, -0.25) is 14.9 Å². The number of benzene rings is 2. The second kappa shape index (κ2) is 10.9. The summed E-state index contributed by atoms with van der Waals surface area (Å²) in [5.41, 5.74) is 0.980. The number of carbonyl (C=O) groups is 1. The second-order valence-corrected chi connectivity index (χ2v) is 8.43. The van der Waals surface area contributed by atoms with Gasteiger partial charge < -0.3 is 9.47 Å². The lowest BCUT2D eigenvalue weighted by atomic mass is 10.1. The van der Waals surface area contributed by atoms with E-state index in [0.717, 1.165) is 4.88 Å². The Labute approximate surface area is 202 Å². The zero-order chi connectivity index (χ0) is 24.8. The predicted molar refractivity (Wildman–Crippen MR) is 127 cm³/mol. The van der Waals surface area contributed by atoms with Crippen LogP contribution in [0.3, 0.4) is 0 Å². The van der Waals surface area contributed by atoms with Crippen LogP contribution in [-0.2, 0) is 6.54 Å². The first-order valence-corrected chi connectivity index (χ1v) is 11.3. The van der Waals surface area contributed by atoms with Gasteiger partial charge in [-0.05, 0) is 49.4 Å². The maximum Gasteiger partial charge on any atom is 0.387 e. The molecule has 2 heterocycles. The number of nitrogens with one attached hydrogen (secondary N) is 1. The topological polar surface area (TPSA) is 95.3 Å². The summed E-state index contributed by atoms with van der Waals surface area (Å²) in [6.07, 6.45) is 0. The number of nitrogens with zero attached hydrogens (tertiary/aromatic N) is 3. The quantitative estimate of drug-likeness (QED) is 0.362. The number of halogens is 2. The Hall–Kier alpha value is -4.12. The Morgan fingerprint density at radius 1 is 1.06 bits per heavy atom.